The Bertz CT molecular complexity index is 2500. The first-order valence-electron chi connectivity index (χ1n) is 26.5. The van der Waals surface area contributed by atoms with Crippen LogP contribution in [-0.2, 0) is 19.3 Å². The molecule has 0 unspecified atom stereocenters. The van der Waals surface area contributed by atoms with Crippen LogP contribution in [0.4, 0.5) is 0 Å². The van der Waals surface area contributed by atoms with Gasteiger partial charge in [0.25, 0.3) is 0 Å². The van der Waals surface area contributed by atoms with Crippen molar-refractivity contribution in [2.45, 2.75) is 205 Å². The summed E-state index contributed by atoms with van der Waals surface area (Å²) >= 11 is 0. The fourth-order valence-corrected chi connectivity index (χ4v) is 9.80. The van der Waals surface area contributed by atoms with Crippen molar-refractivity contribution in [1.29, 1.82) is 0 Å². The lowest BCUT2D eigenvalue weighted by molar-refractivity contribution is 0.556. The Labute approximate surface area is 399 Å². The topological polar surface area (TPSA) is 0 Å². The minimum Gasteiger partial charge on any atom is -0.0991 e. The normalized spacial score (nSPS) is 10.9. The highest BCUT2D eigenvalue weighted by Crippen LogP contribution is 2.41. The van der Waals surface area contributed by atoms with Crippen molar-refractivity contribution >= 4 is 60.4 Å². The first-order chi connectivity index (χ1) is 31.6. The monoisotopic (exact) mass is 873 g/mol. The fraction of sp³-hybridized carbons (Fsp3) is 0.477. The smallest absolute Gasteiger partial charge is 0.00212 e. The highest BCUT2D eigenvalue weighted by atomic mass is 14.2. The zero-order chi connectivity index (χ0) is 47.7. The molecule has 0 aliphatic heterocycles. The molecule has 0 aromatic heterocycles. The van der Waals surface area contributed by atoms with Gasteiger partial charge in [-0.2, -0.15) is 0 Å². The van der Waals surface area contributed by atoms with E-state index in [1.807, 2.05) is 13.8 Å². The molecule has 0 atom stereocenters. The van der Waals surface area contributed by atoms with Gasteiger partial charge in [0.2, 0.25) is 0 Å². The zero-order valence-electron chi connectivity index (χ0n) is 43.8. The zero-order valence-corrected chi connectivity index (χ0v) is 43.8. The van der Waals surface area contributed by atoms with Crippen molar-refractivity contribution in [3.8, 4) is 0 Å². The van der Waals surface area contributed by atoms with Gasteiger partial charge in [-0.25, -0.2) is 0 Å². The molecule has 65 heavy (non-hydrogen) atoms. The van der Waals surface area contributed by atoms with E-state index < -0.39 is 0 Å². The van der Waals surface area contributed by atoms with Gasteiger partial charge in [-0.05, 0) is 164 Å². The molecule has 0 saturated carbocycles. The Kier molecular flexibility index (Phi) is 25.3. The van der Waals surface area contributed by atoms with E-state index in [4.69, 9.17) is 0 Å². The van der Waals surface area contributed by atoms with Crippen molar-refractivity contribution in [2.75, 3.05) is 0 Å². The third-order valence-corrected chi connectivity index (χ3v) is 13.4. The number of benzene rings is 7. The van der Waals surface area contributed by atoms with E-state index in [1.54, 1.807) is 23.3 Å². The lowest BCUT2D eigenvalue weighted by Gasteiger charge is -2.19. The molecule has 0 N–H and O–H groups in total. The van der Waals surface area contributed by atoms with Gasteiger partial charge in [-0.1, -0.05) is 237 Å². The third kappa shape index (κ3) is 15.0. The molecule has 0 amide bonds. The molecule has 0 heteroatoms. The van der Waals surface area contributed by atoms with Crippen molar-refractivity contribution in [2.24, 2.45) is 0 Å². The third-order valence-electron chi connectivity index (χ3n) is 13.4. The molecule has 7 aromatic rings. The summed E-state index contributed by atoms with van der Waals surface area (Å²) in [5.41, 5.74) is 10.2. The minimum absolute atomic E-state index is 1.15. The van der Waals surface area contributed by atoms with Crippen LogP contribution in [0.1, 0.15) is 197 Å². The van der Waals surface area contributed by atoms with E-state index >= 15 is 0 Å². The average Bonchev–Trinajstić information content (AvgIpc) is 3.32. The average molecular weight is 873 g/mol. The number of allylic oxidation sites excluding steroid dienone is 2. The van der Waals surface area contributed by atoms with Crippen LogP contribution >= 0.6 is 0 Å². The van der Waals surface area contributed by atoms with Gasteiger partial charge in [0.1, 0.15) is 0 Å². The SMILES string of the molecule is C=CC=C.C=c1ccc2c(C)cc(CCCC)c3ccc(C)c1c23.CC.CCCCC.CCCCCCCCCCCCc1cc(C)c2ccc3c(CCCC)cc(C)c4ccc1c2c43. The van der Waals surface area contributed by atoms with E-state index in [1.165, 1.54) is 210 Å². The van der Waals surface area contributed by atoms with E-state index in [0.717, 1.165) is 5.22 Å². The van der Waals surface area contributed by atoms with Gasteiger partial charge in [0.15, 0.2) is 0 Å². The van der Waals surface area contributed by atoms with Crippen molar-refractivity contribution in [3.05, 3.63) is 136 Å². The molecule has 0 saturated heterocycles. The lowest BCUT2D eigenvalue weighted by atomic mass is 9.85. The van der Waals surface area contributed by atoms with Crippen LogP contribution in [0.3, 0.4) is 0 Å². The van der Waals surface area contributed by atoms with Gasteiger partial charge in [0, 0.05) is 0 Å². The van der Waals surface area contributed by atoms with Crippen LogP contribution in [0.5, 0.6) is 0 Å². The second-order valence-corrected chi connectivity index (χ2v) is 18.5. The Balaban J connectivity index is 0.000000304. The second-order valence-electron chi connectivity index (χ2n) is 18.5. The summed E-state index contributed by atoms with van der Waals surface area (Å²) in [5, 5.41) is 15.7. The molecule has 0 heterocycles. The molecule has 352 valence electrons. The maximum atomic E-state index is 4.23. The largest absolute Gasteiger partial charge is 0.0991 e. The Hall–Kier alpha value is -4.42. The Morgan fingerprint density at radius 1 is 0.338 bits per heavy atom. The summed E-state index contributed by atoms with van der Waals surface area (Å²) in [7, 11) is 0. The summed E-state index contributed by atoms with van der Waals surface area (Å²) < 4.78 is 0. The lowest BCUT2D eigenvalue weighted by Crippen LogP contribution is -2.03. The Morgan fingerprint density at radius 2 is 0.646 bits per heavy atom. The second kappa shape index (κ2) is 30.0. The van der Waals surface area contributed by atoms with E-state index in [-0.39, 0.29) is 0 Å². The predicted octanol–water partition coefficient (Wildman–Crippen LogP) is 20.7. The van der Waals surface area contributed by atoms with Crippen molar-refractivity contribution < 1.29 is 0 Å². The molecule has 0 fully saturated rings. The molecule has 0 nitrogen and oxygen atoms in total. The highest BCUT2D eigenvalue weighted by Gasteiger charge is 2.16. The molecule has 0 aliphatic rings. The molecular formula is C65H92. The first-order valence-corrected chi connectivity index (χ1v) is 26.5. The van der Waals surface area contributed by atoms with E-state index in [0.29, 0.717) is 0 Å². The summed E-state index contributed by atoms with van der Waals surface area (Å²) in [6.07, 6.45) is 30.0. The van der Waals surface area contributed by atoms with Crippen LogP contribution in [-0.4, -0.2) is 0 Å². The molecule has 7 rings (SSSR count). The molecule has 0 aliphatic carbocycles. The number of hydrogen-bond acceptors (Lipinski definition) is 0. The maximum Gasteiger partial charge on any atom is -0.00212 e. The summed E-state index contributed by atoms with van der Waals surface area (Å²) in [6, 6.07) is 25.9. The first kappa shape index (κ1) is 54.9. The van der Waals surface area contributed by atoms with E-state index in [9.17, 15) is 0 Å². The number of hydrogen-bond donors (Lipinski definition) is 0. The predicted molar refractivity (Wildman–Crippen MR) is 301 cm³/mol. The molecule has 0 bridgehead atoms. The van der Waals surface area contributed by atoms with Crippen molar-refractivity contribution in [3.63, 3.8) is 0 Å². The maximum absolute atomic E-state index is 4.23. The summed E-state index contributed by atoms with van der Waals surface area (Å²) in [4.78, 5) is 0. The minimum atomic E-state index is 1.15. The summed E-state index contributed by atoms with van der Waals surface area (Å²) in [5.74, 6) is 0. The fourth-order valence-electron chi connectivity index (χ4n) is 9.80. The van der Waals surface area contributed by atoms with Gasteiger partial charge in [-0.15, -0.1) is 0 Å². The quantitative estimate of drug-likeness (QED) is 0.0407. The number of aryl methyl sites for hydroxylation is 7. The van der Waals surface area contributed by atoms with Crippen LogP contribution < -0.4 is 5.22 Å². The van der Waals surface area contributed by atoms with Crippen LogP contribution in [0.25, 0.3) is 60.4 Å². The van der Waals surface area contributed by atoms with Crippen molar-refractivity contribution in [1.82, 2.24) is 0 Å². The molecule has 0 radical (unpaired) electrons. The van der Waals surface area contributed by atoms with Gasteiger partial charge in [0.05, 0.1) is 0 Å². The van der Waals surface area contributed by atoms with Gasteiger partial charge < -0.3 is 0 Å². The molecule has 7 aromatic carbocycles. The van der Waals surface area contributed by atoms with Crippen LogP contribution in [0.15, 0.2) is 92.0 Å². The van der Waals surface area contributed by atoms with Crippen LogP contribution in [0, 0.1) is 27.7 Å². The number of rotatable bonds is 20. The van der Waals surface area contributed by atoms with Gasteiger partial charge in [-0.3, -0.25) is 0 Å². The standard InChI is InChI=1S/C34H46.C20H22.C5H12.C4H6.C2H6/c1-5-7-9-10-11-12-13-14-15-16-18-28-24-26(4)30-19-21-31-27(17-8-6-2)23-25(3)29-20-22-32(28)34(30)33(29)31;1-5-6-7-16-12-15(4)17-10-8-13(2)19-14(3)9-11-18(16)20(17)19;1-3-5-4-2;1-3-4-2;1-2/h19-24H,5-18H2,1-4H3;8-12H,2,5-7H2,1,3-4H3;3-5H2,1-2H3;3-4H,1-2H2;1-2H3. The highest BCUT2D eigenvalue weighted by molar-refractivity contribution is 6.25. The number of unbranched alkanes of at least 4 members (excludes halogenated alkanes) is 13. The van der Waals surface area contributed by atoms with Gasteiger partial charge >= 0.3 is 0 Å². The summed E-state index contributed by atoms with van der Waals surface area (Å²) in [6.45, 7) is 35.3. The molecular weight excluding hydrogens is 781 g/mol. The van der Waals surface area contributed by atoms with Crippen LogP contribution in [0.2, 0.25) is 0 Å². The molecule has 0 spiro atoms. The Morgan fingerprint density at radius 3 is 1.02 bits per heavy atom. The van der Waals surface area contributed by atoms with E-state index in [2.05, 4.69) is 149 Å².